The number of amides is 1. The van der Waals surface area contributed by atoms with Gasteiger partial charge in [0, 0.05) is 19.6 Å². The summed E-state index contributed by atoms with van der Waals surface area (Å²) in [5, 5.41) is 3.59. The van der Waals surface area contributed by atoms with Crippen LogP contribution in [0.5, 0.6) is 0 Å². The first kappa shape index (κ1) is 14.6. The summed E-state index contributed by atoms with van der Waals surface area (Å²) in [6.07, 6.45) is 3.42. The molecule has 0 spiro atoms. The first-order chi connectivity index (χ1) is 10.2. The molecule has 3 rings (SSSR count). The van der Waals surface area contributed by atoms with E-state index < -0.39 is 0 Å². The first-order valence-electron chi connectivity index (χ1n) is 7.52. The van der Waals surface area contributed by atoms with Gasteiger partial charge in [-0.15, -0.1) is 0 Å². The Morgan fingerprint density at radius 1 is 1.43 bits per heavy atom. The van der Waals surface area contributed by atoms with E-state index in [-0.39, 0.29) is 18.1 Å². The van der Waals surface area contributed by atoms with Crippen LogP contribution in [0.2, 0.25) is 5.02 Å². The number of hydrogen-bond acceptors (Lipinski definition) is 4. The molecule has 2 aliphatic rings. The predicted octanol–water partition coefficient (Wildman–Crippen LogP) is 2.56. The third kappa shape index (κ3) is 3.14. The lowest BCUT2D eigenvalue weighted by molar-refractivity contribution is -0.0305. The molecule has 1 N–H and O–H groups in total. The summed E-state index contributed by atoms with van der Waals surface area (Å²) >= 11 is 6.16. The Kier molecular flexibility index (Phi) is 4.31. The zero-order valence-electron chi connectivity index (χ0n) is 12.1. The van der Waals surface area contributed by atoms with Crippen LogP contribution < -0.4 is 5.32 Å². The van der Waals surface area contributed by atoms with Crippen LogP contribution in [0, 0.1) is 0 Å². The third-order valence-electron chi connectivity index (χ3n) is 3.94. The molecule has 1 aromatic heterocycles. The first-order valence-corrected chi connectivity index (χ1v) is 7.90. The molecular formula is C15H20ClN3O2. The van der Waals surface area contributed by atoms with Crippen molar-refractivity contribution in [2.45, 2.75) is 38.4 Å². The van der Waals surface area contributed by atoms with Crippen LogP contribution in [0.1, 0.15) is 36.7 Å². The highest BCUT2D eigenvalue weighted by Gasteiger charge is 2.36. The molecular weight excluding hydrogens is 290 g/mol. The van der Waals surface area contributed by atoms with Crippen molar-refractivity contribution < 1.29 is 9.53 Å². The maximum atomic E-state index is 12.7. The average Bonchev–Trinajstić information content (AvgIpc) is 2.84. The lowest BCUT2D eigenvalue weighted by atomic mass is 10.2. The van der Waals surface area contributed by atoms with Gasteiger partial charge in [-0.2, -0.15) is 0 Å². The number of morpholine rings is 1. The van der Waals surface area contributed by atoms with Gasteiger partial charge in [0.15, 0.2) is 0 Å². The highest BCUT2D eigenvalue weighted by molar-refractivity contribution is 6.33. The fourth-order valence-corrected chi connectivity index (χ4v) is 3.06. The number of likely N-dealkylation sites (tertiary alicyclic amines) is 1. The van der Waals surface area contributed by atoms with Crippen LogP contribution in [-0.2, 0) is 4.74 Å². The van der Waals surface area contributed by atoms with Crippen LogP contribution in [0.3, 0.4) is 0 Å². The number of hydrogen-bond donors (Lipinski definition) is 1. The summed E-state index contributed by atoms with van der Waals surface area (Å²) in [5.41, 5.74) is 0.332. The molecule has 1 amide bonds. The average molecular weight is 310 g/mol. The molecule has 2 unspecified atom stereocenters. The number of pyridine rings is 1. The molecule has 5 nitrogen and oxygen atoms in total. The number of fused-ring (bicyclic) bond motifs is 2. The molecule has 1 aromatic rings. The van der Waals surface area contributed by atoms with Gasteiger partial charge in [-0.25, -0.2) is 4.98 Å². The number of carbonyl (C=O) groups excluding carboxylic acids is 1. The Labute approximate surface area is 129 Å². The van der Waals surface area contributed by atoms with Gasteiger partial charge in [0.2, 0.25) is 0 Å². The number of aromatic nitrogens is 1. The van der Waals surface area contributed by atoms with Crippen molar-refractivity contribution in [1.82, 2.24) is 9.88 Å². The molecule has 6 heteroatoms. The fourth-order valence-electron chi connectivity index (χ4n) is 2.87. The number of rotatable bonds is 4. The lowest BCUT2D eigenvalue weighted by Crippen LogP contribution is -2.46. The predicted molar refractivity (Wildman–Crippen MR) is 81.8 cm³/mol. The Morgan fingerprint density at radius 3 is 2.81 bits per heavy atom. The van der Waals surface area contributed by atoms with Crippen molar-refractivity contribution in [3.05, 3.63) is 22.8 Å². The van der Waals surface area contributed by atoms with Gasteiger partial charge in [0.25, 0.3) is 5.91 Å². The van der Waals surface area contributed by atoms with Gasteiger partial charge in [-0.3, -0.25) is 4.79 Å². The van der Waals surface area contributed by atoms with E-state index in [1.54, 1.807) is 12.1 Å². The van der Waals surface area contributed by atoms with Crippen molar-refractivity contribution in [1.29, 1.82) is 0 Å². The normalized spacial score (nSPS) is 24.2. The molecule has 0 aromatic carbocycles. The Bertz CT molecular complexity index is 526. The number of halogens is 1. The maximum Gasteiger partial charge on any atom is 0.274 e. The van der Waals surface area contributed by atoms with Crippen LogP contribution in [0.15, 0.2) is 12.1 Å². The summed E-state index contributed by atoms with van der Waals surface area (Å²) < 4.78 is 5.76. The Balaban J connectivity index is 1.77. The summed E-state index contributed by atoms with van der Waals surface area (Å²) in [7, 11) is 0. The van der Waals surface area contributed by atoms with E-state index in [9.17, 15) is 4.79 Å². The third-order valence-corrected chi connectivity index (χ3v) is 4.24. The minimum absolute atomic E-state index is 0.0969. The zero-order valence-corrected chi connectivity index (χ0v) is 12.9. The topological polar surface area (TPSA) is 54.5 Å². The minimum Gasteiger partial charge on any atom is -0.371 e. The van der Waals surface area contributed by atoms with E-state index in [2.05, 4.69) is 17.2 Å². The summed E-state index contributed by atoms with van der Waals surface area (Å²) in [6, 6.07) is 3.53. The fraction of sp³-hybridized carbons (Fsp3) is 0.600. The van der Waals surface area contributed by atoms with E-state index in [1.807, 2.05) is 4.90 Å². The van der Waals surface area contributed by atoms with E-state index >= 15 is 0 Å². The van der Waals surface area contributed by atoms with Crippen molar-refractivity contribution in [2.75, 3.05) is 25.0 Å². The molecule has 0 radical (unpaired) electrons. The smallest absolute Gasteiger partial charge is 0.274 e. The number of nitrogens with one attached hydrogen (secondary N) is 1. The van der Waals surface area contributed by atoms with Crippen molar-refractivity contribution in [3.8, 4) is 0 Å². The summed E-state index contributed by atoms with van der Waals surface area (Å²) in [4.78, 5) is 18.9. The minimum atomic E-state index is -0.0969. The highest BCUT2D eigenvalue weighted by Crippen LogP contribution is 2.28. The largest absolute Gasteiger partial charge is 0.371 e. The summed E-state index contributed by atoms with van der Waals surface area (Å²) in [6.45, 7) is 4.18. The van der Waals surface area contributed by atoms with Gasteiger partial charge < -0.3 is 15.0 Å². The Morgan fingerprint density at radius 2 is 2.14 bits per heavy atom. The van der Waals surface area contributed by atoms with Crippen LogP contribution in [0.4, 0.5) is 5.82 Å². The van der Waals surface area contributed by atoms with Crippen molar-refractivity contribution in [2.24, 2.45) is 0 Å². The number of carbonyl (C=O) groups is 1. The van der Waals surface area contributed by atoms with E-state index in [0.717, 1.165) is 25.8 Å². The quantitative estimate of drug-likeness (QED) is 0.928. The van der Waals surface area contributed by atoms with Gasteiger partial charge in [0.05, 0.1) is 17.2 Å². The van der Waals surface area contributed by atoms with Crippen molar-refractivity contribution >= 4 is 23.3 Å². The highest BCUT2D eigenvalue weighted by atomic mass is 35.5. The number of ether oxygens (including phenoxy) is 1. The van der Waals surface area contributed by atoms with Crippen LogP contribution >= 0.6 is 11.6 Å². The molecule has 2 atom stereocenters. The molecule has 2 saturated heterocycles. The molecule has 0 aliphatic carbocycles. The van der Waals surface area contributed by atoms with Crippen LogP contribution in [-0.4, -0.2) is 47.6 Å². The monoisotopic (exact) mass is 309 g/mol. The molecule has 2 fully saturated rings. The second-order valence-electron chi connectivity index (χ2n) is 5.62. The molecule has 114 valence electrons. The van der Waals surface area contributed by atoms with E-state index in [1.165, 1.54) is 0 Å². The van der Waals surface area contributed by atoms with Gasteiger partial charge in [-0.05, 0) is 31.4 Å². The van der Waals surface area contributed by atoms with E-state index in [0.29, 0.717) is 29.6 Å². The van der Waals surface area contributed by atoms with Gasteiger partial charge in [-0.1, -0.05) is 18.5 Å². The standard InChI is InChI=1S/C15H20ClN3O2/c1-2-7-17-13-6-5-12(16)14(18-13)15(20)19-8-10-3-4-11(9-19)21-10/h5-6,10-11H,2-4,7-9H2,1H3,(H,17,18). The second kappa shape index (κ2) is 6.20. The number of anilines is 1. The molecule has 21 heavy (non-hydrogen) atoms. The zero-order chi connectivity index (χ0) is 14.8. The van der Waals surface area contributed by atoms with Crippen molar-refractivity contribution in [3.63, 3.8) is 0 Å². The maximum absolute atomic E-state index is 12.7. The molecule has 2 bridgehead atoms. The Hall–Kier alpha value is -1.33. The summed E-state index contributed by atoms with van der Waals surface area (Å²) in [5.74, 6) is 0.598. The van der Waals surface area contributed by atoms with E-state index in [4.69, 9.17) is 16.3 Å². The molecule has 3 heterocycles. The molecule has 2 aliphatic heterocycles. The molecule has 0 saturated carbocycles. The van der Waals surface area contributed by atoms with Crippen LogP contribution in [0.25, 0.3) is 0 Å². The van der Waals surface area contributed by atoms with Gasteiger partial charge >= 0.3 is 0 Å². The lowest BCUT2D eigenvalue weighted by Gasteiger charge is -2.32. The SMILES string of the molecule is CCCNc1ccc(Cl)c(C(=O)N2CC3CCC(C2)O3)n1. The van der Waals surface area contributed by atoms with Gasteiger partial charge in [0.1, 0.15) is 11.5 Å². The number of nitrogens with zero attached hydrogens (tertiary/aromatic N) is 2. The second-order valence-corrected chi connectivity index (χ2v) is 6.03.